The molecule has 0 atom stereocenters. The van der Waals surface area contributed by atoms with Crippen LogP contribution in [0.5, 0.6) is 0 Å². The second kappa shape index (κ2) is 8.01. The molecule has 7 nitrogen and oxygen atoms in total. The van der Waals surface area contributed by atoms with E-state index in [-0.39, 0.29) is 11.9 Å². The molecule has 0 bridgehead atoms. The van der Waals surface area contributed by atoms with Crippen molar-refractivity contribution in [2.75, 3.05) is 30.7 Å². The highest BCUT2D eigenvalue weighted by atomic mass is 35.5. The van der Waals surface area contributed by atoms with Crippen molar-refractivity contribution in [2.24, 2.45) is 5.92 Å². The quantitative estimate of drug-likeness (QED) is 0.489. The number of nitrogen functional groups attached to an aromatic ring is 1. The third-order valence-corrected chi connectivity index (χ3v) is 4.18. The summed E-state index contributed by atoms with van der Waals surface area (Å²) in [5.74, 6) is -1.84. The number of hydrogen-bond acceptors (Lipinski definition) is 5. The molecule has 24 heavy (non-hydrogen) atoms. The summed E-state index contributed by atoms with van der Waals surface area (Å²) in [6, 6.07) is 4.60. The molecule has 0 spiro atoms. The van der Waals surface area contributed by atoms with Gasteiger partial charge in [-0.05, 0) is 38.0 Å². The average molecular weight is 354 g/mol. The van der Waals surface area contributed by atoms with Crippen molar-refractivity contribution < 1.29 is 19.1 Å². The molecule has 0 saturated carbocycles. The largest absolute Gasteiger partial charge is 0.466 e. The number of nitrogens with two attached hydrogens (primary N) is 1. The predicted molar refractivity (Wildman–Crippen MR) is 90.4 cm³/mol. The number of nitrogens with zero attached hydrogens (tertiary/aromatic N) is 1. The normalized spacial score (nSPS) is 15.0. The van der Waals surface area contributed by atoms with Crippen LogP contribution in [0.1, 0.15) is 19.8 Å². The van der Waals surface area contributed by atoms with Gasteiger partial charge in [0.1, 0.15) is 0 Å². The Morgan fingerprint density at radius 3 is 2.58 bits per heavy atom. The van der Waals surface area contributed by atoms with E-state index in [0.717, 1.165) is 0 Å². The van der Waals surface area contributed by atoms with Crippen LogP contribution in [-0.2, 0) is 19.1 Å². The van der Waals surface area contributed by atoms with Crippen molar-refractivity contribution in [3.8, 4) is 0 Å². The van der Waals surface area contributed by atoms with E-state index in [1.165, 1.54) is 11.0 Å². The van der Waals surface area contributed by atoms with Crippen LogP contribution in [-0.4, -0.2) is 42.4 Å². The minimum absolute atomic E-state index is 0.215. The van der Waals surface area contributed by atoms with Gasteiger partial charge in [-0.2, -0.15) is 0 Å². The van der Waals surface area contributed by atoms with Crippen LogP contribution in [0.4, 0.5) is 11.4 Å². The zero-order valence-corrected chi connectivity index (χ0v) is 14.1. The van der Waals surface area contributed by atoms with Crippen LogP contribution in [0.2, 0.25) is 5.02 Å². The van der Waals surface area contributed by atoms with Crippen molar-refractivity contribution in [1.29, 1.82) is 0 Å². The first-order valence-electron chi connectivity index (χ1n) is 7.74. The lowest BCUT2D eigenvalue weighted by atomic mass is 9.97. The Labute approximate surface area is 145 Å². The van der Waals surface area contributed by atoms with Crippen LogP contribution in [0.3, 0.4) is 0 Å². The molecule has 1 saturated heterocycles. The van der Waals surface area contributed by atoms with Gasteiger partial charge in [-0.1, -0.05) is 11.6 Å². The van der Waals surface area contributed by atoms with E-state index >= 15 is 0 Å². The molecule has 1 heterocycles. The molecule has 1 aromatic rings. The third-order valence-electron chi connectivity index (χ3n) is 3.85. The fraction of sp³-hybridized carbons (Fsp3) is 0.438. The van der Waals surface area contributed by atoms with E-state index in [0.29, 0.717) is 48.9 Å². The van der Waals surface area contributed by atoms with E-state index in [9.17, 15) is 14.4 Å². The molecule has 2 rings (SSSR count). The average Bonchev–Trinajstić information content (AvgIpc) is 2.58. The minimum Gasteiger partial charge on any atom is -0.466 e. The summed E-state index contributed by atoms with van der Waals surface area (Å²) in [6.07, 6.45) is 0.983. The zero-order chi connectivity index (χ0) is 17.7. The minimum atomic E-state index is -0.745. The summed E-state index contributed by atoms with van der Waals surface area (Å²) >= 11 is 5.88. The number of ether oxygens (including phenoxy) is 1. The monoisotopic (exact) mass is 353 g/mol. The smallest absolute Gasteiger partial charge is 0.313 e. The summed E-state index contributed by atoms with van der Waals surface area (Å²) in [6.45, 7) is 2.78. The zero-order valence-electron chi connectivity index (χ0n) is 13.4. The number of carbonyl (C=O) groups excluding carboxylic acids is 3. The van der Waals surface area contributed by atoms with Crippen LogP contribution in [0.15, 0.2) is 18.2 Å². The molecule has 1 aliphatic rings. The predicted octanol–water partition coefficient (Wildman–Crippen LogP) is 1.66. The van der Waals surface area contributed by atoms with Gasteiger partial charge >= 0.3 is 17.8 Å². The maximum Gasteiger partial charge on any atom is 0.313 e. The standard InChI is InChI=1S/C16H20ClN3O4/c1-2-24-16(23)10-5-7-20(8-6-10)15(22)14(21)19-11-3-4-13(18)12(17)9-11/h3-4,9-10H,2,5-8,18H2,1H3,(H,19,21). The van der Waals surface area contributed by atoms with Crippen LogP contribution >= 0.6 is 11.6 Å². The first-order chi connectivity index (χ1) is 11.4. The Hall–Kier alpha value is -2.28. The first-order valence-corrected chi connectivity index (χ1v) is 8.12. The van der Waals surface area contributed by atoms with Crippen molar-refractivity contribution in [3.63, 3.8) is 0 Å². The Kier molecular flexibility index (Phi) is 6.03. The maximum absolute atomic E-state index is 12.2. The molecule has 3 N–H and O–H groups in total. The molecule has 1 aromatic carbocycles. The number of anilines is 2. The molecule has 0 radical (unpaired) electrons. The van der Waals surface area contributed by atoms with Crippen molar-refractivity contribution in [1.82, 2.24) is 4.90 Å². The first kappa shape index (κ1) is 18.1. The molecule has 1 aliphatic heterocycles. The number of hydrogen-bond donors (Lipinski definition) is 2. The fourth-order valence-electron chi connectivity index (χ4n) is 2.51. The molecular weight excluding hydrogens is 334 g/mol. The molecule has 0 aliphatic carbocycles. The Bertz CT molecular complexity index is 642. The van der Waals surface area contributed by atoms with Crippen molar-refractivity contribution in [3.05, 3.63) is 23.2 Å². The van der Waals surface area contributed by atoms with Gasteiger partial charge < -0.3 is 20.7 Å². The molecule has 1 fully saturated rings. The summed E-state index contributed by atoms with van der Waals surface area (Å²) in [4.78, 5) is 37.4. The van der Waals surface area contributed by atoms with E-state index in [4.69, 9.17) is 22.1 Å². The number of nitrogens with one attached hydrogen (secondary N) is 1. The second-order valence-electron chi connectivity index (χ2n) is 5.51. The number of rotatable bonds is 3. The number of halogens is 1. The number of carbonyl (C=O) groups is 3. The van der Waals surface area contributed by atoms with Crippen LogP contribution in [0.25, 0.3) is 0 Å². The van der Waals surface area contributed by atoms with Gasteiger partial charge in [0.05, 0.1) is 23.2 Å². The van der Waals surface area contributed by atoms with Gasteiger partial charge in [0, 0.05) is 18.8 Å². The lowest BCUT2D eigenvalue weighted by molar-refractivity contribution is -0.152. The topological polar surface area (TPSA) is 102 Å². The van der Waals surface area contributed by atoms with E-state index in [1.807, 2.05) is 0 Å². The van der Waals surface area contributed by atoms with Gasteiger partial charge in [-0.3, -0.25) is 14.4 Å². The summed E-state index contributed by atoms with van der Waals surface area (Å²) in [5.41, 5.74) is 6.39. The van der Waals surface area contributed by atoms with Gasteiger partial charge in [0.15, 0.2) is 0 Å². The number of likely N-dealkylation sites (tertiary alicyclic amines) is 1. The molecule has 130 valence electrons. The highest BCUT2D eigenvalue weighted by Gasteiger charge is 2.30. The van der Waals surface area contributed by atoms with Gasteiger partial charge in [0.2, 0.25) is 0 Å². The SMILES string of the molecule is CCOC(=O)C1CCN(C(=O)C(=O)Nc2ccc(N)c(Cl)c2)CC1. The third kappa shape index (κ3) is 4.38. The Morgan fingerprint density at radius 1 is 1.33 bits per heavy atom. The summed E-state index contributed by atoms with van der Waals surface area (Å²) in [5, 5.41) is 2.80. The summed E-state index contributed by atoms with van der Waals surface area (Å²) < 4.78 is 4.98. The van der Waals surface area contributed by atoms with Gasteiger partial charge in [-0.25, -0.2) is 0 Å². The molecule has 0 unspecified atom stereocenters. The Balaban J connectivity index is 1.89. The fourth-order valence-corrected chi connectivity index (χ4v) is 2.69. The van der Waals surface area contributed by atoms with E-state index < -0.39 is 11.8 Å². The number of esters is 1. The summed E-state index contributed by atoms with van der Waals surface area (Å²) in [7, 11) is 0. The van der Waals surface area contributed by atoms with Crippen molar-refractivity contribution in [2.45, 2.75) is 19.8 Å². The number of benzene rings is 1. The lowest BCUT2D eigenvalue weighted by Crippen LogP contribution is -2.45. The Morgan fingerprint density at radius 2 is 2.00 bits per heavy atom. The lowest BCUT2D eigenvalue weighted by Gasteiger charge is -2.30. The van der Waals surface area contributed by atoms with E-state index in [1.54, 1.807) is 19.1 Å². The maximum atomic E-state index is 12.2. The highest BCUT2D eigenvalue weighted by Crippen LogP contribution is 2.23. The second-order valence-corrected chi connectivity index (χ2v) is 5.92. The number of piperidine rings is 1. The molecule has 2 amide bonds. The molecule has 8 heteroatoms. The molecular formula is C16H20ClN3O4. The van der Waals surface area contributed by atoms with Crippen LogP contribution in [0, 0.1) is 5.92 Å². The van der Waals surface area contributed by atoms with E-state index in [2.05, 4.69) is 5.32 Å². The van der Waals surface area contributed by atoms with Gasteiger partial charge in [0.25, 0.3) is 0 Å². The van der Waals surface area contributed by atoms with Crippen molar-refractivity contribution >= 4 is 40.8 Å². The molecule has 0 aromatic heterocycles. The van der Waals surface area contributed by atoms with Crippen LogP contribution < -0.4 is 11.1 Å². The van der Waals surface area contributed by atoms with Gasteiger partial charge in [-0.15, -0.1) is 0 Å². The number of amides is 2. The highest BCUT2D eigenvalue weighted by molar-refractivity contribution is 6.40.